The summed E-state index contributed by atoms with van der Waals surface area (Å²) in [5.41, 5.74) is 1.35. The van der Waals surface area contributed by atoms with E-state index in [2.05, 4.69) is 5.32 Å². The van der Waals surface area contributed by atoms with Gasteiger partial charge in [-0.15, -0.1) is 0 Å². The van der Waals surface area contributed by atoms with Crippen molar-refractivity contribution in [3.05, 3.63) is 68.7 Å². The maximum absolute atomic E-state index is 13.5. The summed E-state index contributed by atoms with van der Waals surface area (Å²) in [5, 5.41) is 4.60. The molecule has 0 aromatic heterocycles. The van der Waals surface area contributed by atoms with Gasteiger partial charge < -0.3 is 10.2 Å². The fraction of sp³-hybridized carbons (Fsp3) is 0.440. The van der Waals surface area contributed by atoms with E-state index in [1.54, 1.807) is 29.2 Å². The van der Waals surface area contributed by atoms with Crippen LogP contribution in [0.1, 0.15) is 56.6 Å². The van der Waals surface area contributed by atoms with Gasteiger partial charge in [-0.3, -0.25) is 9.59 Å². The van der Waals surface area contributed by atoms with Crippen LogP contribution in [0.15, 0.2) is 42.5 Å². The number of nitrogens with zero attached hydrogens (tertiary/aromatic N) is 1. The Bertz CT molecular complexity index is 924. The van der Waals surface area contributed by atoms with E-state index in [1.165, 1.54) is 6.42 Å². The fourth-order valence-electron chi connectivity index (χ4n) is 4.23. The second kappa shape index (κ2) is 11.9. The molecule has 1 fully saturated rings. The normalized spacial score (nSPS) is 15.2. The molecular weight excluding hydrogens is 467 g/mol. The Kier molecular flexibility index (Phi) is 9.27. The van der Waals surface area contributed by atoms with Crippen molar-refractivity contribution in [3.63, 3.8) is 0 Å². The number of benzene rings is 2. The Morgan fingerprint density at radius 3 is 2.22 bits per heavy atom. The standard InChI is InChI=1S/C25H29Cl3N2O2/c1-2-23(25(32)29-18-10-4-3-5-11-18)30(16-17-9-6-7-12-20(17)26)24(31)15-19-21(27)13-8-14-22(19)28/h6-9,12-14,18,23H,2-5,10-11,15-16H2,1H3,(H,29,32). The van der Waals surface area contributed by atoms with Gasteiger partial charge >= 0.3 is 0 Å². The Balaban J connectivity index is 1.86. The lowest BCUT2D eigenvalue weighted by molar-refractivity contribution is -0.141. The van der Waals surface area contributed by atoms with Crippen LogP contribution in [-0.2, 0) is 22.6 Å². The Labute approximate surface area is 205 Å². The predicted octanol–water partition coefficient (Wildman–Crippen LogP) is 6.45. The number of hydrogen-bond acceptors (Lipinski definition) is 2. The molecule has 1 aliphatic carbocycles. The van der Waals surface area contributed by atoms with Gasteiger partial charge in [0.2, 0.25) is 11.8 Å². The van der Waals surface area contributed by atoms with Crippen LogP contribution in [0.2, 0.25) is 15.1 Å². The van der Waals surface area contributed by atoms with Gasteiger partial charge in [0.15, 0.2) is 0 Å². The topological polar surface area (TPSA) is 49.4 Å². The average Bonchev–Trinajstić information content (AvgIpc) is 2.78. The zero-order valence-corrected chi connectivity index (χ0v) is 20.5. The highest BCUT2D eigenvalue weighted by atomic mass is 35.5. The van der Waals surface area contributed by atoms with Gasteiger partial charge in [-0.1, -0.05) is 85.3 Å². The molecule has 1 N–H and O–H groups in total. The third-order valence-electron chi connectivity index (χ3n) is 6.03. The zero-order chi connectivity index (χ0) is 23.1. The minimum Gasteiger partial charge on any atom is -0.352 e. The lowest BCUT2D eigenvalue weighted by Gasteiger charge is -2.33. The van der Waals surface area contributed by atoms with Crippen LogP contribution in [-0.4, -0.2) is 28.8 Å². The molecule has 0 aliphatic heterocycles. The van der Waals surface area contributed by atoms with Crippen molar-refractivity contribution in [3.8, 4) is 0 Å². The molecule has 7 heteroatoms. The summed E-state index contributed by atoms with van der Waals surface area (Å²) in [7, 11) is 0. The highest BCUT2D eigenvalue weighted by Gasteiger charge is 2.31. The number of hydrogen-bond donors (Lipinski definition) is 1. The lowest BCUT2D eigenvalue weighted by Crippen LogP contribution is -2.52. The summed E-state index contributed by atoms with van der Waals surface area (Å²) < 4.78 is 0. The van der Waals surface area contributed by atoms with Crippen LogP contribution >= 0.6 is 34.8 Å². The van der Waals surface area contributed by atoms with Crippen LogP contribution < -0.4 is 5.32 Å². The molecule has 1 aliphatic rings. The molecule has 1 atom stereocenters. The van der Waals surface area contributed by atoms with E-state index in [1.807, 2.05) is 25.1 Å². The summed E-state index contributed by atoms with van der Waals surface area (Å²) in [4.78, 5) is 28.4. The third kappa shape index (κ3) is 6.40. The number of halogens is 3. The second-order valence-electron chi connectivity index (χ2n) is 8.26. The maximum atomic E-state index is 13.5. The molecule has 0 radical (unpaired) electrons. The highest BCUT2D eigenvalue weighted by Crippen LogP contribution is 2.27. The molecule has 172 valence electrons. The predicted molar refractivity (Wildman–Crippen MR) is 131 cm³/mol. The fourth-order valence-corrected chi connectivity index (χ4v) is 4.95. The highest BCUT2D eigenvalue weighted by molar-refractivity contribution is 6.36. The zero-order valence-electron chi connectivity index (χ0n) is 18.3. The van der Waals surface area contributed by atoms with Gasteiger partial charge in [-0.05, 0) is 48.6 Å². The van der Waals surface area contributed by atoms with Gasteiger partial charge in [-0.2, -0.15) is 0 Å². The van der Waals surface area contributed by atoms with E-state index in [4.69, 9.17) is 34.8 Å². The van der Waals surface area contributed by atoms with Gasteiger partial charge in [0, 0.05) is 27.7 Å². The Morgan fingerprint density at radius 2 is 1.59 bits per heavy atom. The number of carbonyl (C=O) groups is 2. The van der Waals surface area contributed by atoms with Gasteiger partial charge in [0.1, 0.15) is 6.04 Å². The molecular formula is C25H29Cl3N2O2. The quantitative estimate of drug-likeness (QED) is 0.458. The second-order valence-corrected chi connectivity index (χ2v) is 9.48. The van der Waals surface area contributed by atoms with E-state index >= 15 is 0 Å². The molecule has 1 unspecified atom stereocenters. The van der Waals surface area contributed by atoms with E-state index in [-0.39, 0.29) is 30.8 Å². The van der Waals surface area contributed by atoms with E-state index < -0.39 is 6.04 Å². The molecule has 4 nitrogen and oxygen atoms in total. The van der Waals surface area contributed by atoms with Crippen LogP contribution in [0.3, 0.4) is 0 Å². The van der Waals surface area contributed by atoms with E-state index in [0.29, 0.717) is 27.1 Å². The first-order valence-corrected chi connectivity index (χ1v) is 12.3. The van der Waals surface area contributed by atoms with Crippen molar-refractivity contribution < 1.29 is 9.59 Å². The molecule has 2 aromatic carbocycles. The Hall–Kier alpha value is -1.75. The number of carbonyl (C=O) groups excluding carboxylic acids is 2. The van der Waals surface area contributed by atoms with E-state index in [9.17, 15) is 9.59 Å². The molecule has 32 heavy (non-hydrogen) atoms. The smallest absolute Gasteiger partial charge is 0.243 e. The monoisotopic (exact) mass is 494 g/mol. The van der Waals surface area contributed by atoms with Crippen molar-refractivity contribution in [2.24, 2.45) is 0 Å². The SMILES string of the molecule is CCC(C(=O)NC1CCCCC1)N(Cc1ccccc1Cl)C(=O)Cc1c(Cl)cccc1Cl. The van der Waals surface area contributed by atoms with Crippen molar-refractivity contribution in [2.75, 3.05) is 0 Å². The van der Waals surface area contributed by atoms with Crippen LogP contribution in [0.4, 0.5) is 0 Å². The molecule has 1 saturated carbocycles. The summed E-state index contributed by atoms with van der Waals surface area (Å²) in [5.74, 6) is -0.337. The maximum Gasteiger partial charge on any atom is 0.243 e. The number of amides is 2. The summed E-state index contributed by atoms with van der Waals surface area (Å²) in [6.07, 6.45) is 5.91. The first kappa shape index (κ1) is 24.9. The summed E-state index contributed by atoms with van der Waals surface area (Å²) in [6, 6.07) is 12.1. The minimum atomic E-state index is -0.609. The molecule has 0 heterocycles. The van der Waals surface area contributed by atoms with Gasteiger partial charge in [0.25, 0.3) is 0 Å². The molecule has 3 rings (SSSR count). The van der Waals surface area contributed by atoms with E-state index in [0.717, 1.165) is 31.2 Å². The van der Waals surface area contributed by atoms with Gasteiger partial charge in [-0.25, -0.2) is 0 Å². The van der Waals surface area contributed by atoms with Crippen LogP contribution in [0.5, 0.6) is 0 Å². The minimum absolute atomic E-state index is 0.0101. The lowest BCUT2D eigenvalue weighted by atomic mass is 9.95. The molecule has 0 spiro atoms. The molecule has 2 aromatic rings. The first-order chi connectivity index (χ1) is 15.4. The summed E-state index contributed by atoms with van der Waals surface area (Å²) in [6.45, 7) is 2.15. The largest absolute Gasteiger partial charge is 0.352 e. The van der Waals surface area contributed by atoms with Crippen LogP contribution in [0, 0.1) is 0 Å². The number of nitrogens with one attached hydrogen (secondary N) is 1. The average molecular weight is 496 g/mol. The molecule has 2 amide bonds. The van der Waals surface area contributed by atoms with Crippen molar-refractivity contribution in [2.45, 2.75) is 70.5 Å². The summed E-state index contributed by atoms with van der Waals surface area (Å²) >= 11 is 19.0. The molecule has 0 bridgehead atoms. The van der Waals surface area contributed by atoms with Crippen LogP contribution in [0.25, 0.3) is 0 Å². The van der Waals surface area contributed by atoms with Crippen molar-refractivity contribution in [1.82, 2.24) is 10.2 Å². The first-order valence-electron chi connectivity index (χ1n) is 11.2. The Morgan fingerprint density at radius 1 is 0.969 bits per heavy atom. The van der Waals surface area contributed by atoms with Crippen molar-refractivity contribution in [1.29, 1.82) is 0 Å². The van der Waals surface area contributed by atoms with Crippen molar-refractivity contribution >= 4 is 46.6 Å². The van der Waals surface area contributed by atoms with Gasteiger partial charge in [0.05, 0.1) is 6.42 Å². The third-order valence-corrected chi connectivity index (χ3v) is 7.10. The molecule has 0 saturated heterocycles. The number of rotatable bonds is 8.